The molecule has 3 aliphatic rings. The van der Waals surface area contributed by atoms with E-state index >= 15 is 0 Å². The zero-order valence-corrected chi connectivity index (χ0v) is 22.3. The number of carbonyl (C=O) groups is 3. The Morgan fingerprint density at radius 1 is 1.14 bits per heavy atom. The van der Waals surface area contributed by atoms with E-state index < -0.39 is 36.0 Å². The van der Waals surface area contributed by atoms with E-state index in [1.165, 1.54) is 14.0 Å². The van der Waals surface area contributed by atoms with E-state index in [0.717, 1.165) is 0 Å². The second-order valence-electron chi connectivity index (χ2n) is 10.7. The summed E-state index contributed by atoms with van der Waals surface area (Å²) < 4.78 is 35.3. The Kier molecular flexibility index (Phi) is 8.86. The van der Waals surface area contributed by atoms with E-state index in [9.17, 15) is 14.4 Å². The molecule has 9 nitrogen and oxygen atoms in total. The Hall–Kier alpha value is -1.71. The maximum atomic E-state index is 13.2. The van der Waals surface area contributed by atoms with Crippen molar-refractivity contribution < 1.29 is 42.8 Å². The van der Waals surface area contributed by atoms with Gasteiger partial charge >= 0.3 is 17.9 Å². The average Bonchev–Trinajstić information content (AvgIpc) is 3.20. The summed E-state index contributed by atoms with van der Waals surface area (Å²) in [5, 5.41) is 0. The van der Waals surface area contributed by atoms with Crippen molar-refractivity contribution in [2.45, 2.75) is 104 Å². The van der Waals surface area contributed by atoms with Crippen molar-refractivity contribution in [2.24, 2.45) is 29.6 Å². The number of esters is 3. The Bertz CT molecular complexity index is 785. The normalized spacial score (nSPS) is 40.9. The first-order valence-electron chi connectivity index (χ1n) is 12.9. The van der Waals surface area contributed by atoms with Gasteiger partial charge in [0.15, 0.2) is 0 Å². The third-order valence-electron chi connectivity index (χ3n) is 8.56. The molecule has 0 aromatic rings. The van der Waals surface area contributed by atoms with Crippen LogP contribution in [0.15, 0.2) is 0 Å². The van der Waals surface area contributed by atoms with E-state index in [-0.39, 0.29) is 55.4 Å². The molecule has 4 unspecified atom stereocenters. The molecule has 35 heavy (non-hydrogen) atoms. The van der Waals surface area contributed by atoms with Gasteiger partial charge < -0.3 is 28.4 Å². The molecular weight excluding hydrogens is 456 g/mol. The highest BCUT2D eigenvalue weighted by atomic mass is 16.7. The van der Waals surface area contributed by atoms with Gasteiger partial charge in [-0.25, -0.2) is 4.79 Å². The van der Waals surface area contributed by atoms with Crippen LogP contribution in [-0.4, -0.2) is 67.9 Å². The monoisotopic (exact) mass is 498 g/mol. The summed E-state index contributed by atoms with van der Waals surface area (Å²) in [5.74, 6) is -2.82. The van der Waals surface area contributed by atoms with Crippen LogP contribution >= 0.6 is 0 Å². The highest BCUT2D eigenvalue weighted by Crippen LogP contribution is 2.45. The topological polar surface area (TPSA) is 107 Å². The lowest BCUT2D eigenvalue weighted by Crippen LogP contribution is -2.61. The lowest BCUT2D eigenvalue weighted by atomic mass is 9.77. The molecule has 0 aromatic carbocycles. The summed E-state index contributed by atoms with van der Waals surface area (Å²) >= 11 is 0. The minimum atomic E-state index is -1.81. The summed E-state index contributed by atoms with van der Waals surface area (Å²) in [6, 6.07) is 0. The number of hydrogen-bond donors (Lipinski definition) is 0. The lowest BCUT2D eigenvalue weighted by molar-refractivity contribution is -0.322. The van der Waals surface area contributed by atoms with Crippen LogP contribution in [0.4, 0.5) is 0 Å². The Morgan fingerprint density at radius 3 is 2.43 bits per heavy atom. The minimum Gasteiger partial charge on any atom is -0.465 e. The van der Waals surface area contributed by atoms with Gasteiger partial charge in [0.2, 0.25) is 0 Å². The third kappa shape index (κ3) is 5.67. The van der Waals surface area contributed by atoms with Crippen molar-refractivity contribution in [1.29, 1.82) is 0 Å². The van der Waals surface area contributed by atoms with Crippen LogP contribution in [0.5, 0.6) is 0 Å². The largest absolute Gasteiger partial charge is 0.465 e. The van der Waals surface area contributed by atoms with Gasteiger partial charge in [-0.05, 0) is 37.0 Å². The predicted octanol–water partition coefficient (Wildman–Crippen LogP) is 3.27. The van der Waals surface area contributed by atoms with Gasteiger partial charge in [0, 0.05) is 12.8 Å². The molecule has 0 aliphatic carbocycles. The molecule has 11 atom stereocenters. The molecule has 0 amide bonds. The minimum absolute atomic E-state index is 0.00247. The van der Waals surface area contributed by atoms with E-state index in [4.69, 9.17) is 28.4 Å². The molecule has 200 valence electrons. The Labute approximate surface area is 208 Å². The highest BCUT2D eigenvalue weighted by Gasteiger charge is 2.60. The van der Waals surface area contributed by atoms with Crippen molar-refractivity contribution in [2.75, 3.05) is 13.7 Å². The molecule has 0 saturated carbocycles. The Morgan fingerprint density at radius 2 is 1.83 bits per heavy atom. The molecule has 0 spiro atoms. The maximum absolute atomic E-state index is 13.2. The number of ether oxygens (including phenoxy) is 6. The van der Waals surface area contributed by atoms with Crippen LogP contribution in [-0.2, 0) is 42.8 Å². The number of hydrogen-bond acceptors (Lipinski definition) is 9. The predicted molar refractivity (Wildman–Crippen MR) is 125 cm³/mol. The van der Waals surface area contributed by atoms with Crippen LogP contribution in [0, 0.1) is 29.6 Å². The van der Waals surface area contributed by atoms with Crippen LogP contribution in [0.3, 0.4) is 0 Å². The molecule has 0 radical (unpaired) electrons. The van der Waals surface area contributed by atoms with Gasteiger partial charge in [-0.2, -0.15) is 0 Å². The van der Waals surface area contributed by atoms with Crippen molar-refractivity contribution in [3.63, 3.8) is 0 Å². The van der Waals surface area contributed by atoms with Crippen molar-refractivity contribution in [3.8, 4) is 0 Å². The summed E-state index contributed by atoms with van der Waals surface area (Å²) in [7, 11) is 1.27. The zero-order valence-electron chi connectivity index (χ0n) is 22.3. The summed E-state index contributed by atoms with van der Waals surface area (Å²) in [6.07, 6.45) is -1.45. The second-order valence-corrected chi connectivity index (χ2v) is 10.7. The first kappa shape index (κ1) is 27.9. The standard InChI is InChI=1S/C26H42O9/c1-9-13(2)23(33-18(7)27)24-19-10-22(28)34-20(19)11-26(35-24,25(29)30-8)31-12-21-16(5)14(3)15(4)17(6)32-21/h13-17,19-21,23-24H,9-12H2,1-8H3/t13-,14-,15?,16-,17+,19-,20-,21?,23-,24?,26?/m1/s1. The molecule has 0 aromatic heterocycles. The van der Waals surface area contributed by atoms with E-state index in [1.54, 1.807) is 0 Å². The highest BCUT2D eigenvalue weighted by molar-refractivity contribution is 5.79. The molecule has 3 saturated heterocycles. The second kappa shape index (κ2) is 11.1. The van der Waals surface area contributed by atoms with Gasteiger partial charge in [0.25, 0.3) is 5.79 Å². The van der Waals surface area contributed by atoms with Gasteiger partial charge in [-0.3, -0.25) is 9.59 Å². The van der Waals surface area contributed by atoms with Crippen molar-refractivity contribution >= 4 is 17.9 Å². The molecule has 3 heterocycles. The average molecular weight is 499 g/mol. The molecular formula is C26H42O9. The van der Waals surface area contributed by atoms with Crippen molar-refractivity contribution in [1.82, 2.24) is 0 Å². The fraction of sp³-hybridized carbons (Fsp3) is 0.885. The number of carbonyl (C=O) groups excluding carboxylic acids is 3. The number of methoxy groups -OCH3 is 1. The van der Waals surface area contributed by atoms with Crippen LogP contribution in [0.2, 0.25) is 0 Å². The number of fused-ring (bicyclic) bond motifs is 1. The fourth-order valence-electron chi connectivity index (χ4n) is 5.63. The number of rotatable bonds is 8. The molecule has 0 bridgehead atoms. The quantitative estimate of drug-likeness (QED) is 0.368. The molecule has 9 heteroatoms. The molecule has 3 fully saturated rings. The van der Waals surface area contributed by atoms with E-state index in [2.05, 4.69) is 20.8 Å². The molecule has 3 aliphatic heterocycles. The lowest BCUT2D eigenvalue weighted by Gasteiger charge is -2.47. The van der Waals surface area contributed by atoms with Gasteiger partial charge in [0.1, 0.15) is 18.3 Å². The molecule has 0 N–H and O–H groups in total. The van der Waals surface area contributed by atoms with E-state index in [1.807, 2.05) is 20.8 Å². The maximum Gasteiger partial charge on any atom is 0.366 e. The van der Waals surface area contributed by atoms with Crippen LogP contribution in [0.25, 0.3) is 0 Å². The third-order valence-corrected chi connectivity index (χ3v) is 8.56. The Balaban J connectivity index is 1.91. The first-order valence-corrected chi connectivity index (χ1v) is 12.9. The zero-order chi connectivity index (χ0) is 26.1. The van der Waals surface area contributed by atoms with Gasteiger partial charge in [-0.1, -0.05) is 34.6 Å². The SMILES string of the molecule is CC[C@@H](C)[C@@H](OC(C)=O)C1OC(OCC2O[C@@H](C)C(C)[C@@H](C)[C@H]2C)(C(=O)OC)C[C@H]2OC(=O)C[C@@H]12. The van der Waals surface area contributed by atoms with Gasteiger partial charge in [0.05, 0.1) is 38.8 Å². The summed E-state index contributed by atoms with van der Waals surface area (Å²) in [5.41, 5.74) is 0. The summed E-state index contributed by atoms with van der Waals surface area (Å²) in [4.78, 5) is 37.4. The van der Waals surface area contributed by atoms with Gasteiger partial charge in [-0.15, -0.1) is 0 Å². The molecule has 3 rings (SSSR count). The summed E-state index contributed by atoms with van der Waals surface area (Å²) in [6.45, 7) is 13.9. The first-order chi connectivity index (χ1) is 16.4. The fourth-order valence-corrected chi connectivity index (χ4v) is 5.63. The van der Waals surface area contributed by atoms with Crippen LogP contribution < -0.4 is 0 Å². The van der Waals surface area contributed by atoms with E-state index in [0.29, 0.717) is 18.3 Å². The van der Waals surface area contributed by atoms with Crippen LogP contribution in [0.1, 0.15) is 67.7 Å². The smallest absolute Gasteiger partial charge is 0.366 e. The van der Waals surface area contributed by atoms with Crippen molar-refractivity contribution in [3.05, 3.63) is 0 Å².